The van der Waals surface area contributed by atoms with E-state index in [1.54, 1.807) is 17.0 Å². The molecule has 1 aliphatic heterocycles. The molecule has 11 heteroatoms. The number of hydrogen-bond donors (Lipinski definition) is 2. The second-order valence-corrected chi connectivity index (χ2v) is 12.5. The van der Waals surface area contributed by atoms with Gasteiger partial charge in [0.15, 0.2) is 5.82 Å². The lowest BCUT2D eigenvalue weighted by Gasteiger charge is -2.37. The third-order valence-corrected chi connectivity index (χ3v) is 9.14. The lowest BCUT2D eigenvalue weighted by molar-refractivity contribution is -0.170. The minimum absolute atomic E-state index is 0.0305. The zero-order valence-electron chi connectivity index (χ0n) is 25.2. The number of piperidine rings is 1. The van der Waals surface area contributed by atoms with Crippen LogP contribution in [0.15, 0.2) is 35.1 Å². The van der Waals surface area contributed by atoms with E-state index in [1.165, 1.54) is 26.1 Å². The molecule has 2 aromatic carbocycles. The topological polar surface area (TPSA) is 87.5 Å². The molecule has 0 unspecified atom stereocenters. The fraction of sp³-hybridized carbons (Fsp3) is 0.485. The van der Waals surface area contributed by atoms with Crippen LogP contribution in [0.3, 0.4) is 0 Å². The molecule has 0 spiro atoms. The van der Waals surface area contributed by atoms with Gasteiger partial charge in [-0.15, -0.1) is 6.42 Å². The first-order valence-electron chi connectivity index (χ1n) is 14.7. The van der Waals surface area contributed by atoms with E-state index in [1.807, 2.05) is 0 Å². The van der Waals surface area contributed by atoms with E-state index in [-0.39, 0.29) is 54.5 Å². The van der Waals surface area contributed by atoms with Gasteiger partial charge in [0.2, 0.25) is 5.91 Å². The number of hydrogen-bond acceptors (Lipinski definition) is 5. The van der Waals surface area contributed by atoms with E-state index >= 15 is 17.6 Å². The minimum atomic E-state index is -3.94. The summed E-state index contributed by atoms with van der Waals surface area (Å²) in [5.74, 6) is -2.87. The number of alkyl halides is 3. The van der Waals surface area contributed by atoms with Crippen LogP contribution in [0.5, 0.6) is 0 Å². The number of aliphatic hydroxyl groups is 1. The van der Waals surface area contributed by atoms with Crippen molar-refractivity contribution < 1.29 is 27.5 Å². The van der Waals surface area contributed by atoms with Crippen LogP contribution >= 0.6 is 0 Å². The van der Waals surface area contributed by atoms with E-state index in [0.717, 1.165) is 43.9 Å². The first-order chi connectivity index (χ1) is 20.6. The number of halogens is 4. The van der Waals surface area contributed by atoms with Crippen molar-refractivity contribution in [3.8, 4) is 12.3 Å². The average Bonchev–Trinajstić information content (AvgIpc) is 2.93. The number of aromatic nitrogens is 2. The van der Waals surface area contributed by atoms with Gasteiger partial charge in [0.25, 0.3) is 5.56 Å². The van der Waals surface area contributed by atoms with Crippen LogP contribution in [0, 0.1) is 18.2 Å². The molecule has 2 heterocycles. The Labute approximate surface area is 253 Å². The zero-order chi connectivity index (χ0) is 32.2. The van der Waals surface area contributed by atoms with Gasteiger partial charge in [-0.3, -0.25) is 9.59 Å². The summed E-state index contributed by atoms with van der Waals surface area (Å²) in [5.41, 5.74) is -4.99. The molecule has 1 aromatic heterocycles. The second-order valence-electron chi connectivity index (χ2n) is 12.5. The monoisotopic (exact) mass is 612 g/mol. The van der Waals surface area contributed by atoms with Crippen LogP contribution in [0.25, 0.3) is 10.8 Å². The maximum Gasteiger partial charge on any atom is 0.303 e. The number of nitrogens with one attached hydrogen (secondary N) is 1. The van der Waals surface area contributed by atoms with Gasteiger partial charge in [-0.1, -0.05) is 30.5 Å². The fourth-order valence-electron chi connectivity index (χ4n) is 6.06. The van der Waals surface area contributed by atoms with Crippen LogP contribution in [0.1, 0.15) is 87.1 Å². The first-order valence-corrected chi connectivity index (χ1v) is 14.7. The number of benzene rings is 2. The lowest BCUT2D eigenvalue weighted by Crippen LogP contribution is -2.42. The Hall–Kier alpha value is -3.91. The Bertz CT molecular complexity index is 1710. The number of amides is 1. The van der Waals surface area contributed by atoms with E-state index in [9.17, 15) is 14.7 Å². The standard InChI is InChI=1S/C33H36F4N4O3/c1-6-26(22-11-8-12-25(28(22)34)33(36,37)31(3,4)44)38-29-24-18-21(32(35)13-15-41(16-14-32)19(2)42)17-23(20-9-7-10-20)27(24)30(43)40(5)39-29/h1,8,11-12,17-18,20,26,44H,7,9-10,13-16H2,2-5H3,(H,38,39)/t26-/m1/s1. The smallest absolute Gasteiger partial charge is 0.303 e. The molecule has 5 rings (SSSR count). The van der Waals surface area contributed by atoms with Gasteiger partial charge in [0.05, 0.1) is 10.9 Å². The van der Waals surface area contributed by atoms with Crippen molar-refractivity contribution in [2.75, 3.05) is 18.4 Å². The van der Waals surface area contributed by atoms with Gasteiger partial charge >= 0.3 is 5.92 Å². The Balaban J connectivity index is 1.65. The molecular formula is C33H36F4N4O3. The normalized spacial score (nSPS) is 18.0. The van der Waals surface area contributed by atoms with Crippen molar-refractivity contribution in [1.82, 2.24) is 14.7 Å². The summed E-state index contributed by atoms with van der Waals surface area (Å²) >= 11 is 0. The second kappa shape index (κ2) is 11.2. The van der Waals surface area contributed by atoms with Crippen LogP contribution in [0.2, 0.25) is 0 Å². The van der Waals surface area contributed by atoms with Crippen molar-refractivity contribution in [1.29, 1.82) is 0 Å². The molecule has 1 saturated heterocycles. The van der Waals surface area contributed by atoms with E-state index < -0.39 is 40.2 Å². The third-order valence-electron chi connectivity index (χ3n) is 9.14. The number of rotatable bonds is 7. The van der Waals surface area contributed by atoms with E-state index in [0.29, 0.717) is 16.5 Å². The predicted octanol–water partition coefficient (Wildman–Crippen LogP) is 5.80. The van der Waals surface area contributed by atoms with Crippen LogP contribution in [-0.4, -0.2) is 44.4 Å². The molecular weight excluding hydrogens is 576 g/mol. The summed E-state index contributed by atoms with van der Waals surface area (Å²) in [6.45, 7) is 3.70. The zero-order valence-corrected chi connectivity index (χ0v) is 25.2. The quantitative estimate of drug-likeness (QED) is 0.260. The highest BCUT2D eigenvalue weighted by atomic mass is 19.3. The van der Waals surface area contributed by atoms with Crippen molar-refractivity contribution in [2.45, 2.75) is 82.0 Å². The highest BCUT2D eigenvalue weighted by Crippen LogP contribution is 2.45. The molecule has 44 heavy (non-hydrogen) atoms. The first kappa shape index (κ1) is 31.5. The third kappa shape index (κ3) is 5.34. The number of carbonyl (C=O) groups is 1. The summed E-state index contributed by atoms with van der Waals surface area (Å²) in [6.07, 6.45) is 8.55. The molecule has 1 amide bonds. The fourth-order valence-corrected chi connectivity index (χ4v) is 6.06. The van der Waals surface area contributed by atoms with Crippen LogP contribution < -0.4 is 10.9 Å². The summed E-state index contributed by atoms with van der Waals surface area (Å²) in [5, 5.41) is 18.0. The highest BCUT2D eigenvalue weighted by molar-refractivity contribution is 5.95. The molecule has 2 aliphatic rings. The van der Waals surface area contributed by atoms with Crippen LogP contribution in [0.4, 0.5) is 23.4 Å². The van der Waals surface area contributed by atoms with Gasteiger partial charge in [-0.2, -0.15) is 13.9 Å². The summed E-state index contributed by atoms with van der Waals surface area (Å²) in [4.78, 5) is 27.0. The van der Waals surface area contributed by atoms with Gasteiger partial charge in [-0.05, 0) is 55.9 Å². The molecule has 0 bridgehead atoms. The van der Waals surface area contributed by atoms with Gasteiger partial charge in [-0.25, -0.2) is 13.5 Å². The highest BCUT2D eigenvalue weighted by Gasteiger charge is 2.49. The summed E-state index contributed by atoms with van der Waals surface area (Å²) in [6, 6.07) is 5.36. The Morgan fingerprint density at radius 1 is 1.23 bits per heavy atom. The van der Waals surface area contributed by atoms with E-state index in [2.05, 4.69) is 16.3 Å². The summed E-state index contributed by atoms with van der Waals surface area (Å²) in [7, 11) is 1.45. The molecule has 1 atom stereocenters. The van der Waals surface area contributed by atoms with Crippen LogP contribution in [-0.2, 0) is 23.4 Å². The largest absolute Gasteiger partial charge is 0.384 e. The number of nitrogens with zero attached hydrogens (tertiary/aromatic N) is 3. The maximum absolute atomic E-state index is 16.6. The van der Waals surface area contributed by atoms with Crippen molar-refractivity contribution in [3.05, 3.63) is 68.8 Å². The number of anilines is 1. The Morgan fingerprint density at radius 2 is 1.89 bits per heavy atom. The molecule has 2 N–H and O–H groups in total. The molecule has 2 fully saturated rings. The van der Waals surface area contributed by atoms with Gasteiger partial charge in [0, 0.05) is 50.9 Å². The predicted molar refractivity (Wildman–Crippen MR) is 160 cm³/mol. The number of fused-ring (bicyclic) bond motifs is 1. The SMILES string of the molecule is C#C[C@@H](Nc1nn(C)c(=O)c2c(C3CCC3)cc(C3(F)CCN(C(C)=O)CC3)cc12)c1cccc(C(F)(F)C(C)(C)O)c1F. The number of likely N-dealkylation sites (tertiary alicyclic amines) is 1. The molecule has 1 saturated carbocycles. The Kier molecular flexibility index (Phi) is 8.04. The molecule has 7 nitrogen and oxygen atoms in total. The maximum atomic E-state index is 16.6. The van der Waals surface area contributed by atoms with Gasteiger partial charge < -0.3 is 15.3 Å². The molecule has 0 radical (unpaired) electrons. The Morgan fingerprint density at radius 3 is 2.43 bits per heavy atom. The minimum Gasteiger partial charge on any atom is -0.384 e. The van der Waals surface area contributed by atoms with E-state index in [4.69, 9.17) is 6.42 Å². The lowest BCUT2D eigenvalue weighted by atomic mass is 9.76. The number of carbonyl (C=O) groups excluding carboxylic acids is 1. The average molecular weight is 613 g/mol. The number of terminal acetylenes is 1. The molecule has 3 aromatic rings. The molecule has 234 valence electrons. The summed E-state index contributed by atoms with van der Waals surface area (Å²) < 4.78 is 63.4. The van der Waals surface area contributed by atoms with Crippen molar-refractivity contribution in [3.63, 3.8) is 0 Å². The van der Waals surface area contributed by atoms with Gasteiger partial charge in [0.1, 0.15) is 23.1 Å². The van der Waals surface area contributed by atoms with Crippen molar-refractivity contribution in [2.24, 2.45) is 7.05 Å². The van der Waals surface area contributed by atoms with Crippen molar-refractivity contribution >= 4 is 22.5 Å². The molecule has 1 aliphatic carbocycles. The number of aryl methyl sites for hydroxylation is 1.